The van der Waals surface area contributed by atoms with Crippen molar-refractivity contribution in [2.45, 2.75) is 24.7 Å². The van der Waals surface area contributed by atoms with Crippen LogP contribution in [0, 0.1) is 0 Å². The first-order valence-electron chi connectivity index (χ1n) is 4.36. The van der Waals surface area contributed by atoms with Gasteiger partial charge in [-0.25, -0.2) is 0 Å². The molecule has 0 heterocycles. The number of thioether (sulfide) groups is 1. The third kappa shape index (κ3) is 2.48. The zero-order chi connectivity index (χ0) is 9.90. The molecule has 2 heteroatoms. The molecule has 1 rings (SSSR count). The van der Waals surface area contributed by atoms with Crippen molar-refractivity contribution in [2.24, 2.45) is 0 Å². The Morgan fingerprint density at radius 2 is 1.77 bits per heavy atom. The lowest BCUT2D eigenvalue weighted by molar-refractivity contribution is 0.144. The lowest BCUT2D eigenvalue weighted by Gasteiger charge is -2.28. The highest BCUT2D eigenvalue weighted by Gasteiger charge is 2.27. The highest BCUT2D eigenvalue weighted by molar-refractivity contribution is 7.99. The summed E-state index contributed by atoms with van der Waals surface area (Å²) in [6, 6.07) is 9.79. The molecule has 0 fully saturated rings. The van der Waals surface area contributed by atoms with Crippen molar-refractivity contribution in [3.05, 3.63) is 35.9 Å². The van der Waals surface area contributed by atoms with Gasteiger partial charge in [0.25, 0.3) is 0 Å². The molecule has 13 heavy (non-hydrogen) atoms. The first-order chi connectivity index (χ1) is 6.08. The van der Waals surface area contributed by atoms with Crippen LogP contribution in [0.4, 0.5) is 0 Å². The van der Waals surface area contributed by atoms with E-state index in [-0.39, 0.29) is 4.75 Å². The molecule has 1 N–H and O–H groups in total. The van der Waals surface area contributed by atoms with Gasteiger partial charge in [-0.15, -0.1) is 0 Å². The van der Waals surface area contributed by atoms with Crippen molar-refractivity contribution < 1.29 is 5.11 Å². The minimum atomic E-state index is -0.399. The van der Waals surface area contributed by atoms with E-state index in [1.165, 1.54) is 0 Å². The second kappa shape index (κ2) is 4.16. The Balaban J connectivity index is 2.85. The molecule has 0 aliphatic carbocycles. The normalized spacial score (nSPS) is 14.2. The van der Waals surface area contributed by atoms with Gasteiger partial charge in [0.05, 0.1) is 6.10 Å². The summed E-state index contributed by atoms with van der Waals surface area (Å²) in [5, 5.41) is 10.0. The second-order valence-corrected chi connectivity index (χ2v) is 5.08. The zero-order valence-electron chi connectivity index (χ0n) is 8.32. The molecule has 0 amide bonds. The molecular formula is C11H16OS. The number of rotatable bonds is 3. The fourth-order valence-corrected chi connectivity index (χ4v) is 1.51. The Morgan fingerprint density at radius 1 is 1.23 bits per heavy atom. The molecule has 0 spiro atoms. The van der Waals surface area contributed by atoms with Crippen LogP contribution in [-0.4, -0.2) is 16.1 Å². The van der Waals surface area contributed by atoms with Crippen LogP contribution in [0.1, 0.15) is 25.5 Å². The summed E-state index contributed by atoms with van der Waals surface area (Å²) in [6.45, 7) is 4.10. The van der Waals surface area contributed by atoms with Crippen molar-refractivity contribution in [2.75, 3.05) is 6.26 Å². The minimum absolute atomic E-state index is 0.124. The van der Waals surface area contributed by atoms with E-state index in [0.29, 0.717) is 0 Å². The molecule has 72 valence electrons. The number of aliphatic hydroxyl groups excluding tert-OH is 1. The predicted octanol–water partition coefficient (Wildman–Crippen LogP) is 2.86. The molecule has 0 saturated carbocycles. The van der Waals surface area contributed by atoms with Gasteiger partial charge >= 0.3 is 0 Å². The first kappa shape index (κ1) is 10.6. The summed E-state index contributed by atoms with van der Waals surface area (Å²) in [4.78, 5) is 0. The van der Waals surface area contributed by atoms with Crippen molar-refractivity contribution in [1.29, 1.82) is 0 Å². The summed E-state index contributed by atoms with van der Waals surface area (Å²) >= 11 is 1.68. The van der Waals surface area contributed by atoms with Crippen LogP contribution in [-0.2, 0) is 0 Å². The lowest BCUT2D eigenvalue weighted by atomic mass is 9.98. The molecular weight excluding hydrogens is 180 g/mol. The van der Waals surface area contributed by atoms with Gasteiger partial charge in [-0.2, -0.15) is 11.8 Å². The molecule has 0 radical (unpaired) electrons. The van der Waals surface area contributed by atoms with Gasteiger partial charge in [-0.1, -0.05) is 30.3 Å². The number of hydrogen-bond acceptors (Lipinski definition) is 2. The topological polar surface area (TPSA) is 20.2 Å². The molecule has 0 saturated heterocycles. The Labute approximate surface area is 84.2 Å². The lowest BCUT2D eigenvalue weighted by Crippen LogP contribution is -2.24. The number of benzene rings is 1. The summed E-state index contributed by atoms with van der Waals surface area (Å²) in [5.41, 5.74) is 0.988. The van der Waals surface area contributed by atoms with E-state index in [0.717, 1.165) is 5.56 Å². The maximum absolute atomic E-state index is 10.0. The molecule has 0 aliphatic rings. The van der Waals surface area contributed by atoms with Crippen LogP contribution < -0.4 is 0 Å². The molecule has 1 aromatic carbocycles. The van der Waals surface area contributed by atoms with Crippen molar-refractivity contribution in [1.82, 2.24) is 0 Å². The highest BCUT2D eigenvalue weighted by Crippen LogP contribution is 2.35. The molecule has 0 aliphatic heterocycles. The van der Waals surface area contributed by atoms with E-state index in [1.54, 1.807) is 11.8 Å². The standard InChI is InChI=1S/C11H16OS/c1-11(2,13-3)10(12)9-7-5-4-6-8-9/h4-8,10,12H,1-3H3/t10-/m0/s1. The van der Waals surface area contributed by atoms with E-state index in [9.17, 15) is 5.11 Å². The van der Waals surface area contributed by atoms with E-state index < -0.39 is 6.10 Å². The van der Waals surface area contributed by atoms with Gasteiger partial charge in [0.15, 0.2) is 0 Å². The Bertz CT molecular complexity index is 256. The van der Waals surface area contributed by atoms with Crippen LogP contribution in [0.3, 0.4) is 0 Å². The van der Waals surface area contributed by atoms with Crippen LogP contribution in [0.2, 0.25) is 0 Å². The smallest absolute Gasteiger partial charge is 0.0931 e. The number of hydrogen-bond donors (Lipinski definition) is 1. The molecule has 1 aromatic rings. The maximum Gasteiger partial charge on any atom is 0.0931 e. The largest absolute Gasteiger partial charge is 0.387 e. The summed E-state index contributed by atoms with van der Waals surface area (Å²) in [6.07, 6.45) is 1.62. The van der Waals surface area contributed by atoms with Gasteiger partial charge in [0.1, 0.15) is 0 Å². The molecule has 0 aromatic heterocycles. The average Bonchev–Trinajstić information content (AvgIpc) is 2.18. The quantitative estimate of drug-likeness (QED) is 0.802. The molecule has 1 nitrogen and oxygen atoms in total. The Morgan fingerprint density at radius 3 is 2.23 bits per heavy atom. The fourth-order valence-electron chi connectivity index (χ4n) is 1.15. The highest BCUT2D eigenvalue weighted by atomic mass is 32.2. The fraction of sp³-hybridized carbons (Fsp3) is 0.455. The predicted molar refractivity (Wildman–Crippen MR) is 59.0 cm³/mol. The SMILES string of the molecule is CSC(C)(C)[C@@H](O)c1ccccc1. The van der Waals surface area contributed by atoms with Crippen LogP contribution in [0.25, 0.3) is 0 Å². The van der Waals surface area contributed by atoms with Crippen molar-refractivity contribution in [3.63, 3.8) is 0 Å². The summed E-state index contributed by atoms with van der Waals surface area (Å²) in [7, 11) is 0. The maximum atomic E-state index is 10.0. The van der Waals surface area contributed by atoms with Crippen molar-refractivity contribution in [3.8, 4) is 0 Å². The van der Waals surface area contributed by atoms with Crippen LogP contribution >= 0.6 is 11.8 Å². The van der Waals surface area contributed by atoms with E-state index >= 15 is 0 Å². The Kier molecular flexibility index (Phi) is 3.40. The molecule has 0 unspecified atom stereocenters. The van der Waals surface area contributed by atoms with Gasteiger partial charge in [-0.3, -0.25) is 0 Å². The summed E-state index contributed by atoms with van der Waals surface area (Å²) in [5.74, 6) is 0. The van der Waals surface area contributed by atoms with Crippen LogP contribution in [0.15, 0.2) is 30.3 Å². The second-order valence-electron chi connectivity index (χ2n) is 3.62. The average molecular weight is 196 g/mol. The van der Waals surface area contributed by atoms with Crippen molar-refractivity contribution >= 4 is 11.8 Å². The van der Waals surface area contributed by atoms with E-state index in [4.69, 9.17) is 0 Å². The molecule has 0 bridgehead atoms. The van der Waals surface area contributed by atoms with E-state index in [1.807, 2.05) is 36.6 Å². The Hall–Kier alpha value is -0.470. The van der Waals surface area contributed by atoms with Gasteiger partial charge in [0.2, 0.25) is 0 Å². The van der Waals surface area contributed by atoms with Crippen LogP contribution in [0.5, 0.6) is 0 Å². The number of aliphatic hydroxyl groups is 1. The molecule has 1 atom stereocenters. The monoisotopic (exact) mass is 196 g/mol. The minimum Gasteiger partial charge on any atom is -0.387 e. The zero-order valence-corrected chi connectivity index (χ0v) is 9.14. The van der Waals surface area contributed by atoms with Gasteiger partial charge < -0.3 is 5.11 Å². The van der Waals surface area contributed by atoms with Gasteiger partial charge in [-0.05, 0) is 25.7 Å². The first-order valence-corrected chi connectivity index (χ1v) is 5.58. The van der Waals surface area contributed by atoms with Gasteiger partial charge in [0, 0.05) is 4.75 Å². The van der Waals surface area contributed by atoms with E-state index in [2.05, 4.69) is 13.8 Å². The summed E-state index contributed by atoms with van der Waals surface area (Å²) < 4.78 is -0.124. The third-order valence-corrected chi connectivity index (χ3v) is 3.58. The third-order valence-electron chi connectivity index (χ3n) is 2.30.